The number of thiophene rings is 2. The third kappa shape index (κ3) is 1.52. The Kier molecular flexibility index (Phi) is 2.42. The lowest BCUT2D eigenvalue weighted by atomic mass is 10.3. The Hall–Kier alpha value is -0.0200. The van der Waals surface area contributed by atoms with Gasteiger partial charge in [0.1, 0.15) is 4.34 Å². The van der Waals surface area contributed by atoms with E-state index >= 15 is 0 Å². The van der Waals surface area contributed by atoms with E-state index in [-0.39, 0.29) is 0 Å². The molecule has 2 heterocycles. The van der Waals surface area contributed by atoms with E-state index in [0.717, 1.165) is 19.1 Å². The van der Waals surface area contributed by atoms with Crippen LogP contribution in [-0.2, 0) is 0 Å². The SMILES string of the molecule is Clc1ccc(-c2ccsc2Cl)s1. The smallest absolute Gasteiger partial charge is 0.101 e. The molecule has 0 amide bonds. The van der Waals surface area contributed by atoms with Crippen LogP contribution in [0.25, 0.3) is 10.4 Å². The molecular formula is C8H4Cl2S2. The van der Waals surface area contributed by atoms with Crippen LogP contribution in [0.3, 0.4) is 0 Å². The summed E-state index contributed by atoms with van der Waals surface area (Å²) in [6.45, 7) is 0. The Bertz CT molecular complexity index is 389. The Morgan fingerprint density at radius 2 is 1.92 bits per heavy atom. The second-order valence-electron chi connectivity index (χ2n) is 2.21. The largest absolute Gasteiger partial charge is 0.131 e. The van der Waals surface area contributed by atoms with Crippen molar-refractivity contribution in [3.63, 3.8) is 0 Å². The summed E-state index contributed by atoms with van der Waals surface area (Å²) < 4.78 is 1.63. The van der Waals surface area contributed by atoms with Gasteiger partial charge < -0.3 is 0 Å². The number of hydrogen-bond donors (Lipinski definition) is 0. The summed E-state index contributed by atoms with van der Waals surface area (Å²) in [5, 5.41) is 1.98. The zero-order valence-electron chi connectivity index (χ0n) is 5.88. The van der Waals surface area contributed by atoms with Crippen molar-refractivity contribution in [2.45, 2.75) is 0 Å². The minimum Gasteiger partial charge on any atom is -0.131 e. The molecule has 0 saturated heterocycles. The van der Waals surface area contributed by atoms with Gasteiger partial charge in [-0.05, 0) is 23.6 Å². The molecule has 0 N–H and O–H groups in total. The van der Waals surface area contributed by atoms with Gasteiger partial charge in [-0.25, -0.2) is 0 Å². The second-order valence-corrected chi connectivity index (χ2v) is 5.45. The molecule has 0 radical (unpaired) electrons. The van der Waals surface area contributed by atoms with Gasteiger partial charge in [0.2, 0.25) is 0 Å². The molecule has 0 spiro atoms. The molecule has 0 fully saturated rings. The quantitative estimate of drug-likeness (QED) is 0.667. The summed E-state index contributed by atoms with van der Waals surface area (Å²) in [5.74, 6) is 0. The second kappa shape index (κ2) is 3.38. The highest BCUT2D eigenvalue weighted by Crippen LogP contribution is 2.37. The Morgan fingerprint density at radius 3 is 2.42 bits per heavy atom. The van der Waals surface area contributed by atoms with E-state index in [9.17, 15) is 0 Å². The molecular weight excluding hydrogens is 231 g/mol. The fourth-order valence-corrected chi connectivity index (χ4v) is 3.07. The standard InChI is InChI=1S/C8H4Cl2S2/c9-7-2-1-6(12-7)5-3-4-11-8(5)10/h1-4H. The molecule has 0 saturated carbocycles. The van der Waals surface area contributed by atoms with E-state index in [0.29, 0.717) is 0 Å². The van der Waals surface area contributed by atoms with Gasteiger partial charge in [0.25, 0.3) is 0 Å². The predicted molar refractivity (Wildman–Crippen MR) is 57.7 cm³/mol. The first-order chi connectivity index (χ1) is 5.77. The van der Waals surface area contributed by atoms with Crippen molar-refractivity contribution in [3.8, 4) is 10.4 Å². The van der Waals surface area contributed by atoms with Crippen molar-refractivity contribution in [1.82, 2.24) is 0 Å². The highest BCUT2D eigenvalue weighted by atomic mass is 35.5. The van der Waals surface area contributed by atoms with E-state index < -0.39 is 0 Å². The van der Waals surface area contributed by atoms with Crippen LogP contribution in [0, 0.1) is 0 Å². The van der Waals surface area contributed by atoms with E-state index in [1.165, 1.54) is 11.3 Å². The Balaban J connectivity index is 2.50. The lowest BCUT2D eigenvalue weighted by Crippen LogP contribution is -1.62. The van der Waals surface area contributed by atoms with E-state index in [4.69, 9.17) is 23.2 Å². The molecule has 0 aliphatic heterocycles. The average molecular weight is 235 g/mol. The maximum atomic E-state index is 5.97. The van der Waals surface area contributed by atoms with Crippen LogP contribution in [0.2, 0.25) is 8.67 Å². The summed E-state index contributed by atoms with van der Waals surface area (Å²) >= 11 is 14.9. The predicted octanol–water partition coefficient (Wildman–Crippen LogP) is 4.78. The summed E-state index contributed by atoms with van der Waals surface area (Å²) in [5.41, 5.74) is 1.08. The molecule has 0 aliphatic carbocycles. The third-order valence-corrected chi connectivity index (χ3v) is 3.89. The third-order valence-electron chi connectivity index (χ3n) is 1.46. The van der Waals surface area contributed by atoms with Gasteiger partial charge in [-0.3, -0.25) is 0 Å². The minimum atomic E-state index is 0.798. The van der Waals surface area contributed by atoms with Crippen molar-refractivity contribution in [1.29, 1.82) is 0 Å². The molecule has 2 aromatic heterocycles. The Morgan fingerprint density at radius 1 is 1.08 bits per heavy atom. The lowest BCUT2D eigenvalue weighted by Gasteiger charge is -1.90. The van der Waals surface area contributed by atoms with Crippen LogP contribution in [0.5, 0.6) is 0 Å². The fourth-order valence-electron chi connectivity index (χ4n) is 0.929. The van der Waals surface area contributed by atoms with Crippen LogP contribution in [0.1, 0.15) is 0 Å². The highest BCUT2D eigenvalue weighted by Gasteiger charge is 2.06. The molecule has 62 valence electrons. The van der Waals surface area contributed by atoms with Gasteiger partial charge in [0.15, 0.2) is 0 Å². The molecule has 0 aromatic carbocycles. The van der Waals surface area contributed by atoms with E-state index in [1.54, 1.807) is 11.3 Å². The average Bonchev–Trinajstić information content (AvgIpc) is 2.58. The van der Waals surface area contributed by atoms with Gasteiger partial charge >= 0.3 is 0 Å². The Labute approximate surface area is 88.4 Å². The molecule has 0 atom stereocenters. The maximum absolute atomic E-state index is 5.97. The molecule has 0 aliphatic rings. The highest BCUT2D eigenvalue weighted by molar-refractivity contribution is 7.20. The van der Waals surface area contributed by atoms with Gasteiger partial charge in [0, 0.05) is 10.4 Å². The lowest BCUT2D eigenvalue weighted by molar-refractivity contribution is 1.89. The van der Waals surface area contributed by atoms with Crippen LogP contribution < -0.4 is 0 Å². The fraction of sp³-hybridized carbons (Fsp3) is 0. The zero-order valence-corrected chi connectivity index (χ0v) is 9.03. The molecule has 4 heteroatoms. The summed E-state index contributed by atoms with van der Waals surface area (Å²) in [6.07, 6.45) is 0. The first-order valence-electron chi connectivity index (χ1n) is 3.26. The van der Waals surface area contributed by atoms with E-state index in [2.05, 4.69) is 0 Å². The van der Waals surface area contributed by atoms with Crippen molar-refractivity contribution >= 4 is 45.9 Å². The van der Waals surface area contributed by atoms with Crippen molar-refractivity contribution in [3.05, 3.63) is 32.3 Å². The molecule has 2 rings (SSSR count). The van der Waals surface area contributed by atoms with Crippen LogP contribution in [-0.4, -0.2) is 0 Å². The van der Waals surface area contributed by atoms with Gasteiger partial charge in [-0.15, -0.1) is 22.7 Å². The number of hydrogen-bond acceptors (Lipinski definition) is 2. The number of rotatable bonds is 1. The summed E-state index contributed by atoms with van der Waals surface area (Å²) in [4.78, 5) is 1.13. The first-order valence-corrected chi connectivity index (χ1v) is 5.71. The van der Waals surface area contributed by atoms with Crippen molar-refractivity contribution in [2.75, 3.05) is 0 Å². The van der Waals surface area contributed by atoms with Crippen molar-refractivity contribution in [2.24, 2.45) is 0 Å². The van der Waals surface area contributed by atoms with Gasteiger partial charge in [-0.2, -0.15) is 0 Å². The van der Waals surface area contributed by atoms with Crippen LogP contribution >= 0.6 is 45.9 Å². The molecule has 2 aromatic rings. The summed E-state index contributed by atoms with van der Waals surface area (Å²) in [7, 11) is 0. The molecule has 0 unspecified atom stereocenters. The number of halogens is 2. The minimum absolute atomic E-state index is 0.798. The molecule has 0 bridgehead atoms. The first kappa shape index (κ1) is 8.57. The normalized spacial score (nSPS) is 10.5. The summed E-state index contributed by atoms with van der Waals surface area (Å²) in [6, 6.07) is 5.88. The molecule has 0 nitrogen and oxygen atoms in total. The maximum Gasteiger partial charge on any atom is 0.101 e. The van der Waals surface area contributed by atoms with Gasteiger partial charge in [0.05, 0.1) is 4.34 Å². The monoisotopic (exact) mass is 234 g/mol. The van der Waals surface area contributed by atoms with Crippen molar-refractivity contribution < 1.29 is 0 Å². The van der Waals surface area contributed by atoms with Crippen LogP contribution in [0.15, 0.2) is 23.6 Å². The van der Waals surface area contributed by atoms with E-state index in [1.807, 2.05) is 23.6 Å². The molecule has 12 heavy (non-hydrogen) atoms. The zero-order chi connectivity index (χ0) is 8.55. The topological polar surface area (TPSA) is 0 Å². The van der Waals surface area contributed by atoms with Gasteiger partial charge in [-0.1, -0.05) is 23.2 Å². The van der Waals surface area contributed by atoms with Crippen LogP contribution in [0.4, 0.5) is 0 Å².